The molecular formula is C11H11ClO2. The predicted molar refractivity (Wildman–Crippen MR) is 54.2 cm³/mol. The molecule has 1 aromatic carbocycles. The average molecular weight is 211 g/mol. The molecule has 0 N–H and O–H groups in total. The average Bonchev–Trinajstić information content (AvgIpc) is 2.23. The smallest absolute Gasteiger partial charge is 0.306 e. The van der Waals surface area contributed by atoms with E-state index in [0.717, 1.165) is 5.56 Å². The fraction of sp³-hybridized carbons (Fsp3) is 0.364. The Balaban J connectivity index is 2.20. The summed E-state index contributed by atoms with van der Waals surface area (Å²) in [6, 6.07) is 9.62. The fourth-order valence-corrected chi connectivity index (χ4v) is 1.91. The molecule has 0 aliphatic carbocycles. The topological polar surface area (TPSA) is 26.3 Å². The Morgan fingerprint density at radius 2 is 2.00 bits per heavy atom. The van der Waals surface area contributed by atoms with E-state index in [0.29, 0.717) is 12.8 Å². The number of halogens is 1. The zero-order valence-electron chi connectivity index (χ0n) is 7.65. The highest BCUT2D eigenvalue weighted by molar-refractivity contribution is 6.21. The second kappa shape index (κ2) is 4.01. The molecule has 1 aliphatic rings. The molecule has 3 heteroatoms. The number of ether oxygens (including phenoxy) is 1. The Kier molecular flexibility index (Phi) is 2.73. The molecule has 0 amide bonds. The van der Waals surface area contributed by atoms with Crippen LogP contribution in [0.5, 0.6) is 0 Å². The van der Waals surface area contributed by atoms with Crippen LogP contribution in [0.1, 0.15) is 24.5 Å². The van der Waals surface area contributed by atoms with Crippen molar-refractivity contribution in [1.82, 2.24) is 0 Å². The van der Waals surface area contributed by atoms with Crippen molar-refractivity contribution in [1.29, 1.82) is 0 Å². The third kappa shape index (κ3) is 1.90. The predicted octanol–water partition coefficient (Wildman–Crippen LogP) is 2.67. The monoisotopic (exact) mass is 210 g/mol. The van der Waals surface area contributed by atoms with Gasteiger partial charge in [-0.3, -0.25) is 4.79 Å². The lowest BCUT2D eigenvalue weighted by molar-refractivity contribution is -0.153. The molecule has 1 aromatic rings. The molecule has 1 fully saturated rings. The molecule has 0 aromatic heterocycles. The summed E-state index contributed by atoms with van der Waals surface area (Å²) in [4.78, 5) is 11.1. The standard InChI is InChI=1S/C11H11ClO2/c12-9-6-7-10(13)14-11(9)8-4-2-1-3-5-8/h1-5,9,11H,6-7H2. The van der Waals surface area contributed by atoms with E-state index in [1.807, 2.05) is 30.3 Å². The second-order valence-electron chi connectivity index (χ2n) is 3.38. The zero-order valence-corrected chi connectivity index (χ0v) is 8.41. The van der Waals surface area contributed by atoms with Crippen LogP contribution >= 0.6 is 11.6 Å². The van der Waals surface area contributed by atoms with Crippen LogP contribution in [0.25, 0.3) is 0 Å². The van der Waals surface area contributed by atoms with Gasteiger partial charge in [-0.25, -0.2) is 0 Å². The van der Waals surface area contributed by atoms with Crippen molar-refractivity contribution in [3.8, 4) is 0 Å². The number of esters is 1. The molecule has 1 aliphatic heterocycles. The number of hydrogen-bond donors (Lipinski definition) is 0. The van der Waals surface area contributed by atoms with E-state index < -0.39 is 0 Å². The van der Waals surface area contributed by atoms with Gasteiger partial charge < -0.3 is 4.74 Å². The minimum Gasteiger partial charge on any atom is -0.456 e. The van der Waals surface area contributed by atoms with Crippen LogP contribution in [-0.2, 0) is 9.53 Å². The van der Waals surface area contributed by atoms with E-state index in [1.165, 1.54) is 0 Å². The highest BCUT2D eigenvalue weighted by Crippen LogP contribution is 2.32. The summed E-state index contributed by atoms with van der Waals surface area (Å²) < 4.78 is 5.21. The first kappa shape index (κ1) is 9.53. The van der Waals surface area contributed by atoms with Gasteiger partial charge in [0.1, 0.15) is 6.10 Å². The highest BCUT2D eigenvalue weighted by atomic mass is 35.5. The first-order valence-corrected chi connectivity index (χ1v) is 5.09. The lowest BCUT2D eigenvalue weighted by atomic mass is 10.0. The SMILES string of the molecule is O=C1CCC(Cl)C(c2ccccc2)O1. The van der Waals surface area contributed by atoms with Crippen LogP contribution in [0, 0.1) is 0 Å². The second-order valence-corrected chi connectivity index (χ2v) is 3.94. The van der Waals surface area contributed by atoms with Crippen LogP contribution in [0.2, 0.25) is 0 Å². The van der Waals surface area contributed by atoms with Gasteiger partial charge in [0.15, 0.2) is 0 Å². The van der Waals surface area contributed by atoms with Crippen molar-refractivity contribution in [3.63, 3.8) is 0 Å². The zero-order chi connectivity index (χ0) is 9.97. The van der Waals surface area contributed by atoms with E-state index in [2.05, 4.69) is 0 Å². The van der Waals surface area contributed by atoms with Gasteiger partial charge in [-0.05, 0) is 12.0 Å². The molecule has 74 valence electrons. The number of alkyl halides is 1. The summed E-state index contributed by atoms with van der Waals surface area (Å²) in [5.74, 6) is -0.157. The van der Waals surface area contributed by atoms with Gasteiger partial charge in [0.05, 0.1) is 5.38 Å². The molecule has 0 radical (unpaired) electrons. The Morgan fingerprint density at radius 1 is 1.29 bits per heavy atom. The van der Waals surface area contributed by atoms with Crippen molar-refractivity contribution >= 4 is 17.6 Å². The first-order valence-electron chi connectivity index (χ1n) is 4.66. The van der Waals surface area contributed by atoms with E-state index in [4.69, 9.17) is 16.3 Å². The van der Waals surface area contributed by atoms with Gasteiger partial charge in [0.25, 0.3) is 0 Å². The Hall–Kier alpha value is -1.02. The summed E-state index contributed by atoms with van der Waals surface area (Å²) in [6.07, 6.45) is 0.844. The summed E-state index contributed by atoms with van der Waals surface area (Å²) in [5.41, 5.74) is 0.973. The van der Waals surface area contributed by atoms with E-state index in [9.17, 15) is 4.79 Å². The number of carbonyl (C=O) groups is 1. The maximum absolute atomic E-state index is 11.1. The van der Waals surface area contributed by atoms with Crippen LogP contribution in [-0.4, -0.2) is 11.3 Å². The van der Waals surface area contributed by atoms with Gasteiger partial charge in [0, 0.05) is 6.42 Å². The van der Waals surface area contributed by atoms with E-state index in [1.54, 1.807) is 0 Å². The Morgan fingerprint density at radius 3 is 2.71 bits per heavy atom. The molecule has 2 rings (SSSR count). The van der Waals surface area contributed by atoms with Crippen molar-refractivity contribution in [3.05, 3.63) is 35.9 Å². The van der Waals surface area contributed by atoms with Gasteiger partial charge in [0.2, 0.25) is 0 Å². The number of carbonyl (C=O) groups excluding carboxylic acids is 1. The van der Waals surface area contributed by atoms with Crippen LogP contribution < -0.4 is 0 Å². The summed E-state index contributed by atoms with van der Waals surface area (Å²) in [6.45, 7) is 0. The largest absolute Gasteiger partial charge is 0.456 e. The van der Waals surface area contributed by atoms with Crippen LogP contribution in [0.15, 0.2) is 30.3 Å². The number of cyclic esters (lactones) is 1. The summed E-state index contributed by atoms with van der Waals surface area (Å²) >= 11 is 6.11. The minimum absolute atomic E-state index is 0.102. The Labute approximate surface area is 87.8 Å². The number of benzene rings is 1. The molecule has 1 heterocycles. The molecule has 0 bridgehead atoms. The quantitative estimate of drug-likeness (QED) is 0.526. The first-order chi connectivity index (χ1) is 6.77. The third-order valence-electron chi connectivity index (χ3n) is 2.34. The third-order valence-corrected chi connectivity index (χ3v) is 2.79. The maximum Gasteiger partial charge on any atom is 0.306 e. The molecule has 0 spiro atoms. The van der Waals surface area contributed by atoms with Crippen molar-refractivity contribution < 1.29 is 9.53 Å². The molecule has 2 nitrogen and oxygen atoms in total. The number of rotatable bonds is 1. The van der Waals surface area contributed by atoms with E-state index >= 15 is 0 Å². The van der Waals surface area contributed by atoms with Gasteiger partial charge in [-0.2, -0.15) is 0 Å². The van der Waals surface area contributed by atoms with Crippen molar-refractivity contribution in [2.24, 2.45) is 0 Å². The Bertz CT molecular complexity index is 323. The van der Waals surface area contributed by atoms with Crippen LogP contribution in [0.3, 0.4) is 0 Å². The molecule has 14 heavy (non-hydrogen) atoms. The number of hydrogen-bond acceptors (Lipinski definition) is 2. The normalized spacial score (nSPS) is 27.1. The van der Waals surface area contributed by atoms with Crippen molar-refractivity contribution in [2.75, 3.05) is 0 Å². The van der Waals surface area contributed by atoms with Gasteiger partial charge in [-0.15, -0.1) is 11.6 Å². The van der Waals surface area contributed by atoms with Crippen molar-refractivity contribution in [2.45, 2.75) is 24.3 Å². The van der Waals surface area contributed by atoms with Crippen LogP contribution in [0.4, 0.5) is 0 Å². The fourth-order valence-electron chi connectivity index (χ4n) is 1.60. The minimum atomic E-state index is -0.279. The molecule has 2 unspecified atom stereocenters. The molecule has 0 saturated carbocycles. The van der Waals surface area contributed by atoms with E-state index in [-0.39, 0.29) is 17.5 Å². The summed E-state index contributed by atoms with van der Waals surface area (Å²) in [5, 5.41) is -0.102. The molecular weight excluding hydrogens is 200 g/mol. The lowest BCUT2D eigenvalue weighted by Gasteiger charge is -2.27. The lowest BCUT2D eigenvalue weighted by Crippen LogP contribution is -2.26. The summed E-state index contributed by atoms with van der Waals surface area (Å²) in [7, 11) is 0. The molecule has 1 saturated heterocycles. The molecule has 2 atom stereocenters. The van der Waals surface area contributed by atoms with Gasteiger partial charge in [-0.1, -0.05) is 30.3 Å². The highest BCUT2D eigenvalue weighted by Gasteiger charge is 2.30. The maximum atomic E-state index is 11.1. The van der Waals surface area contributed by atoms with Gasteiger partial charge >= 0.3 is 5.97 Å².